The van der Waals surface area contributed by atoms with Crippen molar-refractivity contribution < 1.29 is 4.74 Å². The molecule has 0 atom stereocenters. The quantitative estimate of drug-likeness (QED) is 0.755. The van der Waals surface area contributed by atoms with Gasteiger partial charge in [-0.25, -0.2) is 0 Å². The number of nitriles is 1. The lowest BCUT2D eigenvalue weighted by molar-refractivity contribution is 0.305. The van der Waals surface area contributed by atoms with Crippen molar-refractivity contribution in [3.63, 3.8) is 0 Å². The number of hydrogen-bond donors (Lipinski definition) is 0. The lowest BCUT2D eigenvalue weighted by Gasteiger charge is -2.08. The first-order chi connectivity index (χ1) is 8.90. The largest absolute Gasteiger partial charge is 0.488 e. The molecule has 0 saturated heterocycles. The first-order valence-corrected chi connectivity index (χ1v) is 5.72. The summed E-state index contributed by atoms with van der Waals surface area (Å²) < 4.78 is 5.76. The molecule has 2 aromatic carbocycles. The lowest BCUT2D eigenvalue weighted by Crippen LogP contribution is -1.96. The highest BCUT2D eigenvalue weighted by atomic mass is 16.5. The van der Waals surface area contributed by atoms with Crippen LogP contribution in [0.15, 0.2) is 60.7 Å². The fourth-order valence-corrected chi connectivity index (χ4v) is 1.61. The summed E-state index contributed by atoms with van der Waals surface area (Å²) in [4.78, 5) is 0. The smallest absolute Gasteiger partial charge is 0.127 e. The van der Waals surface area contributed by atoms with Crippen LogP contribution in [0.2, 0.25) is 0 Å². The minimum absolute atomic E-state index is 0.526. The summed E-state index contributed by atoms with van der Waals surface area (Å²) in [5.41, 5.74) is 2.03. The SMILES string of the molecule is N#CC=Cc1ccccc1OCc1ccccc1. The fraction of sp³-hybridized carbons (Fsp3) is 0.0625. The number of hydrogen-bond acceptors (Lipinski definition) is 2. The van der Waals surface area contributed by atoms with Gasteiger partial charge in [-0.05, 0) is 17.7 Å². The van der Waals surface area contributed by atoms with Crippen molar-refractivity contribution in [2.24, 2.45) is 0 Å². The zero-order valence-electron chi connectivity index (χ0n) is 9.91. The normalized spacial score (nSPS) is 10.2. The second-order valence-electron chi connectivity index (χ2n) is 3.77. The highest BCUT2D eigenvalue weighted by molar-refractivity contribution is 5.58. The maximum atomic E-state index is 8.55. The third-order valence-electron chi connectivity index (χ3n) is 2.49. The molecule has 0 unspecified atom stereocenters. The van der Waals surface area contributed by atoms with E-state index >= 15 is 0 Å². The molecule has 0 radical (unpaired) electrons. The van der Waals surface area contributed by atoms with Crippen LogP contribution in [0.4, 0.5) is 0 Å². The van der Waals surface area contributed by atoms with Crippen LogP contribution in [0.25, 0.3) is 6.08 Å². The van der Waals surface area contributed by atoms with Gasteiger partial charge in [-0.2, -0.15) is 5.26 Å². The van der Waals surface area contributed by atoms with Crippen LogP contribution in [-0.4, -0.2) is 0 Å². The molecule has 0 spiro atoms. The molecule has 0 aromatic heterocycles. The molecule has 18 heavy (non-hydrogen) atoms. The molecular weight excluding hydrogens is 222 g/mol. The van der Waals surface area contributed by atoms with Crippen LogP contribution in [0.1, 0.15) is 11.1 Å². The molecule has 0 bridgehead atoms. The molecule has 0 fully saturated rings. The molecule has 2 rings (SSSR count). The van der Waals surface area contributed by atoms with Crippen LogP contribution in [-0.2, 0) is 6.61 Å². The second-order valence-corrected chi connectivity index (χ2v) is 3.77. The number of rotatable bonds is 4. The molecule has 0 aliphatic carbocycles. The second kappa shape index (κ2) is 6.27. The molecule has 0 aliphatic rings. The summed E-state index contributed by atoms with van der Waals surface area (Å²) in [6, 6.07) is 19.6. The molecule has 2 aromatic rings. The molecule has 88 valence electrons. The maximum absolute atomic E-state index is 8.55. The van der Waals surface area contributed by atoms with Gasteiger partial charge in [0, 0.05) is 11.6 Å². The number of allylic oxidation sites excluding steroid dienone is 1. The Morgan fingerprint density at radius 1 is 1.00 bits per heavy atom. The molecule has 0 saturated carbocycles. The summed E-state index contributed by atoms with van der Waals surface area (Å²) in [5, 5.41) is 8.55. The Hall–Kier alpha value is -2.53. The molecule has 2 nitrogen and oxygen atoms in total. The molecule has 0 amide bonds. The predicted molar refractivity (Wildman–Crippen MR) is 71.9 cm³/mol. The summed E-state index contributed by atoms with van der Waals surface area (Å²) in [7, 11) is 0. The van der Waals surface area contributed by atoms with E-state index in [0.717, 1.165) is 16.9 Å². The van der Waals surface area contributed by atoms with Gasteiger partial charge in [0.25, 0.3) is 0 Å². The van der Waals surface area contributed by atoms with Gasteiger partial charge < -0.3 is 4.74 Å². The summed E-state index contributed by atoms with van der Waals surface area (Å²) >= 11 is 0. The zero-order chi connectivity index (χ0) is 12.6. The lowest BCUT2D eigenvalue weighted by atomic mass is 10.2. The zero-order valence-corrected chi connectivity index (χ0v) is 9.91. The van der Waals surface area contributed by atoms with Crippen molar-refractivity contribution in [3.05, 3.63) is 71.8 Å². The molecule has 2 heteroatoms. The van der Waals surface area contributed by atoms with Crippen molar-refractivity contribution in [3.8, 4) is 11.8 Å². The van der Waals surface area contributed by atoms with Gasteiger partial charge in [-0.15, -0.1) is 0 Å². The van der Waals surface area contributed by atoms with Crippen LogP contribution in [0, 0.1) is 11.3 Å². The Labute approximate surface area is 107 Å². The summed E-state index contributed by atoms with van der Waals surface area (Å²) in [5.74, 6) is 0.785. The fourth-order valence-electron chi connectivity index (χ4n) is 1.61. The van der Waals surface area contributed by atoms with Gasteiger partial charge in [0.2, 0.25) is 0 Å². The monoisotopic (exact) mass is 235 g/mol. The molecule has 0 aliphatic heterocycles. The van der Waals surface area contributed by atoms with Crippen LogP contribution < -0.4 is 4.74 Å². The third-order valence-corrected chi connectivity index (χ3v) is 2.49. The average Bonchev–Trinajstić information content (AvgIpc) is 2.45. The number of nitrogens with zero attached hydrogens (tertiary/aromatic N) is 1. The topological polar surface area (TPSA) is 33.0 Å². The maximum Gasteiger partial charge on any atom is 0.127 e. The Morgan fingerprint density at radius 3 is 2.50 bits per heavy atom. The van der Waals surface area contributed by atoms with E-state index in [1.54, 1.807) is 6.08 Å². The first-order valence-electron chi connectivity index (χ1n) is 5.72. The molecule has 0 heterocycles. The van der Waals surface area contributed by atoms with Crippen LogP contribution in [0.5, 0.6) is 5.75 Å². The van der Waals surface area contributed by atoms with E-state index in [2.05, 4.69) is 0 Å². The van der Waals surface area contributed by atoms with Gasteiger partial charge in [0.1, 0.15) is 12.4 Å². The van der Waals surface area contributed by atoms with E-state index in [0.29, 0.717) is 6.61 Å². The standard InChI is InChI=1S/C16H13NO/c17-12-6-10-15-9-4-5-11-16(15)18-13-14-7-2-1-3-8-14/h1-11H,13H2. The van der Waals surface area contributed by atoms with Crippen LogP contribution in [0.3, 0.4) is 0 Å². The van der Waals surface area contributed by atoms with Crippen molar-refractivity contribution in [1.29, 1.82) is 5.26 Å². The highest BCUT2D eigenvalue weighted by Gasteiger charge is 2.00. The van der Waals surface area contributed by atoms with Crippen molar-refractivity contribution >= 4 is 6.08 Å². The average molecular weight is 235 g/mol. The highest BCUT2D eigenvalue weighted by Crippen LogP contribution is 2.20. The van der Waals surface area contributed by atoms with E-state index in [1.807, 2.05) is 60.7 Å². The van der Waals surface area contributed by atoms with E-state index in [9.17, 15) is 0 Å². The van der Waals surface area contributed by atoms with Crippen molar-refractivity contribution in [1.82, 2.24) is 0 Å². The minimum atomic E-state index is 0.526. The van der Waals surface area contributed by atoms with E-state index in [4.69, 9.17) is 10.00 Å². The predicted octanol–water partition coefficient (Wildman–Crippen LogP) is 3.80. The van der Waals surface area contributed by atoms with Gasteiger partial charge in [-0.3, -0.25) is 0 Å². The summed E-state index contributed by atoms with van der Waals surface area (Å²) in [6.45, 7) is 0.526. The van der Waals surface area contributed by atoms with Crippen molar-refractivity contribution in [2.75, 3.05) is 0 Å². The number of para-hydroxylation sites is 1. The Morgan fingerprint density at radius 2 is 1.72 bits per heavy atom. The molecular formula is C16H13NO. The number of benzene rings is 2. The summed E-state index contributed by atoms with van der Waals surface area (Å²) in [6.07, 6.45) is 3.20. The van der Waals surface area contributed by atoms with Gasteiger partial charge in [-0.1, -0.05) is 48.5 Å². The van der Waals surface area contributed by atoms with E-state index < -0.39 is 0 Å². The molecule has 0 N–H and O–H groups in total. The Kier molecular flexibility index (Phi) is 4.16. The van der Waals surface area contributed by atoms with Gasteiger partial charge in [0.15, 0.2) is 0 Å². The van der Waals surface area contributed by atoms with Crippen molar-refractivity contribution in [2.45, 2.75) is 6.61 Å². The van der Waals surface area contributed by atoms with E-state index in [-0.39, 0.29) is 0 Å². The third kappa shape index (κ3) is 3.23. The Bertz CT molecular complexity index is 567. The van der Waals surface area contributed by atoms with Gasteiger partial charge in [0.05, 0.1) is 6.07 Å². The number of ether oxygens (including phenoxy) is 1. The minimum Gasteiger partial charge on any atom is -0.488 e. The van der Waals surface area contributed by atoms with Gasteiger partial charge >= 0.3 is 0 Å². The van der Waals surface area contributed by atoms with E-state index in [1.165, 1.54) is 6.08 Å². The Balaban J connectivity index is 2.10. The first kappa shape index (κ1) is 11.9. The van der Waals surface area contributed by atoms with Crippen LogP contribution >= 0.6 is 0 Å².